The highest BCUT2D eigenvalue weighted by Gasteiger charge is 2.27. The zero-order chi connectivity index (χ0) is 12.3. The molecular weight excluding hydrogens is 216 g/mol. The molecule has 2 rings (SSSR count). The number of rotatable bonds is 2. The van der Waals surface area contributed by atoms with E-state index in [1.54, 1.807) is 0 Å². The molecule has 0 unspecified atom stereocenters. The lowest BCUT2D eigenvalue weighted by atomic mass is 9.94. The lowest BCUT2D eigenvalue weighted by Crippen LogP contribution is -2.48. The van der Waals surface area contributed by atoms with Gasteiger partial charge in [-0.2, -0.15) is 0 Å². The van der Waals surface area contributed by atoms with Crippen molar-refractivity contribution in [3.8, 4) is 0 Å². The molecule has 0 spiro atoms. The third-order valence-corrected chi connectivity index (χ3v) is 3.69. The maximum atomic E-state index is 12.2. The van der Waals surface area contributed by atoms with E-state index in [0.29, 0.717) is 11.8 Å². The fourth-order valence-electron chi connectivity index (χ4n) is 2.84. The van der Waals surface area contributed by atoms with Crippen LogP contribution in [-0.4, -0.2) is 49.2 Å². The van der Waals surface area contributed by atoms with Crippen molar-refractivity contribution in [2.45, 2.75) is 45.3 Å². The molecule has 17 heavy (non-hydrogen) atoms. The van der Waals surface area contributed by atoms with Crippen LogP contribution in [0.4, 0.5) is 0 Å². The number of ether oxygens (including phenoxy) is 1. The summed E-state index contributed by atoms with van der Waals surface area (Å²) in [6.45, 7) is 7.73. The Morgan fingerprint density at radius 1 is 1.24 bits per heavy atom. The molecule has 2 fully saturated rings. The molecule has 2 heterocycles. The minimum absolute atomic E-state index is 0.177. The van der Waals surface area contributed by atoms with Gasteiger partial charge in [0.05, 0.1) is 12.2 Å². The zero-order valence-corrected chi connectivity index (χ0v) is 10.9. The molecule has 2 aliphatic rings. The standard InChI is InChI=1S/C13H24N2O2/c1-10-8-15(9-11(2)17-10)13(16)7-12-3-5-14-6-4-12/h10-12,14H,3-9H2,1-2H3/t10-,11+. The van der Waals surface area contributed by atoms with Gasteiger partial charge in [-0.3, -0.25) is 4.79 Å². The van der Waals surface area contributed by atoms with Crippen LogP contribution in [0.3, 0.4) is 0 Å². The van der Waals surface area contributed by atoms with E-state index < -0.39 is 0 Å². The van der Waals surface area contributed by atoms with Crippen molar-refractivity contribution in [3.63, 3.8) is 0 Å². The van der Waals surface area contributed by atoms with Gasteiger partial charge in [-0.05, 0) is 45.7 Å². The average molecular weight is 240 g/mol. The minimum atomic E-state index is 0.177. The van der Waals surface area contributed by atoms with Crippen molar-refractivity contribution >= 4 is 5.91 Å². The number of hydrogen-bond acceptors (Lipinski definition) is 3. The second kappa shape index (κ2) is 5.83. The predicted octanol–water partition coefficient (Wildman–Crippen LogP) is 1.01. The summed E-state index contributed by atoms with van der Waals surface area (Å²) < 4.78 is 5.65. The number of nitrogens with one attached hydrogen (secondary N) is 1. The first-order valence-electron chi connectivity index (χ1n) is 6.79. The van der Waals surface area contributed by atoms with Gasteiger partial charge in [0.2, 0.25) is 5.91 Å². The third kappa shape index (κ3) is 3.68. The summed E-state index contributed by atoms with van der Waals surface area (Å²) in [5.74, 6) is 0.899. The van der Waals surface area contributed by atoms with Crippen molar-refractivity contribution in [2.24, 2.45) is 5.92 Å². The van der Waals surface area contributed by atoms with Gasteiger partial charge in [0, 0.05) is 19.5 Å². The third-order valence-electron chi connectivity index (χ3n) is 3.69. The molecule has 4 heteroatoms. The first kappa shape index (κ1) is 12.8. The highest BCUT2D eigenvalue weighted by Crippen LogP contribution is 2.19. The van der Waals surface area contributed by atoms with Crippen molar-refractivity contribution in [3.05, 3.63) is 0 Å². The van der Waals surface area contributed by atoms with Crippen molar-refractivity contribution in [1.82, 2.24) is 10.2 Å². The molecule has 0 aromatic heterocycles. The Morgan fingerprint density at radius 3 is 2.41 bits per heavy atom. The number of carbonyl (C=O) groups excluding carboxylic acids is 1. The largest absolute Gasteiger partial charge is 0.372 e. The number of piperidine rings is 1. The zero-order valence-electron chi connectivity index (χ0n) is 10.9. The molecule has 2 aliphatic heterocycles. The Bertz CT molecular complexity index is 254. The monoisotopic (exact) mass is 240 g/mol. The van der Waals surface area contributed by atoms with E-state index >= 15 is 0 Å². The number of amides is 1. The summed E-state index contributed by atoms with van der Waals surface area (Å²) in [4.78, 5) is 14.2. The van der Waals surface area contributed by atoms with Crippen LogP contribution in [0, 0.1) is 5.92 Å². The lowest BCUT2D eigenvalue weighted by Gasteiger charge is -2.36. The maximum absolute atomic E-state index is 12.2. The van der Waals surface area contributed by atoms with E-state index in [1.807, 2.05) is 18.7 Å². The van der Waals surface area contributed by atoms with Gasteiger partial charge in [-0.15, -0.1) is 0 Å². The second-order valence-electron chi connectivity index (χ2n) is 5.45. The van der Waals surface area contributed by atoms with Crippen LogP contribution in [0.2, 0.25) is 0 Å². The van der Waals surface area contributed by atoms with Crippen molar-refractivity contribution < 1.29 is 9.53 Å². The molecular formula is C13H24N2O2. The predicted molar refractivity (Wildman–Crippen MR) is 66.8 cm³/mol. The molecule has 4 nitrogen and oxygen atoms in total. The fourth-order valence-corrected chi connectivity index (χ4v) is 2.84. The molecule has 0 aromatic carbocycles. The Kier molecular flexibility index (Phi) is 4.40. The van der Waals surface area contributed by atoms with Crippen LogP contribution < -0.4 is 5.32 Å². The normalized spacial score (nSPS) is 31.5. The Balaban J connectivity index is 1.81. The van der Waals surface area contributed by atoms with E-state index in [4.69, 9.17) is 4.74 Å². The van der Waals surface area contributed by atoms with Gasteiger partial charge in [-0.1, -0.05) is 0 Å². The number of nitrogens with zero attached hydrogens (tertiary/aromatic N) is 1. The highest BCUT2D eigenvalue weighted by molar-refractivity contribution is 5.76. The van der Waals surface area contributed by atoms with Crippen LogP contribution in [0.1, 0.15) is 33.1 Å². The summed E-state index contributed by atoms with van der Waals surface area (Å²) in [6, 6.07) is 0. The summed E-state index contributed by atoms with van der Waals surface area (Å²) in [7, 11) is 0. The van der Waals surface area contributed by atoms with E-state index in [-0.39, 0.29) is 12.2 Å². The molecule has 0 saturated carbocycles. The molecule has 0 aromatic rings. The van der Waals surface area contributed by atoms with Gasteiger partial charge in [0.1, 0.15) is 0 Å². The molecule has 98 valence electrons. The smallest absolute Gasteiger partial charge is 0.223 e. The van der Waals surface area contributed by atoms with Gasteiger partial charge < -0.3 is 15.0 Å². The summed E-state index contributed by atoms with van der Waals surface area (Å²) >= 11 is 0. The molecule has 1 N–H and O–H groups in total. The van der Waals surface area contributed by atoms with Crippen LogP contribution in [0.15, 0.2) is 0 Å². The topological polar surface area (TPSA) is 41.6 Å². The Hall–Kier alpha value is -0.610. The summed E-state index contributed by atoms with van der Waals surface area (Å²) in [5, 5.41) is 3.34. The van der Waals surface area contributed by atoms with Gasteiger partial charge >= 0.3 is 0 Å². The van der Waals surface area contributed by atoms with Crippen LogP contribution in [-0.2, 0) is 9.53 Å². The second-order valence-corrected chi connectivity index (χ2v) is 5.45. The fraction of sp³-hybridized carbons (Fsp3) is 0.923. The maximum Gasteiger partial charge on any atom is 0.223 e. The van der Waals surface area contributed by atoms with E-state index in [1.165, 1.54) is 0 Å². The molecule has 2 atom stereocenters. The van der Waals surface area contributed by atoms with Gasteiger partial charge in [0.25, 0.3) is 0 Å². The van der Waals surface area contributed by atoms with Crippen molar-refractivity contribution in [2.75, 3.05) is 26.2 Å². The number of carbonyl (C=O) groups is 1. The SMILES string of the molecule is C[C@@H]1CN(C(=O)CC2CCNCC2)C[C@H](C)O1. The quantitative estimate of drug-likeness (QED) is 0.783. The molecule has 0 radical (unpaired) electrons. The first-order chi connectivity index (χ1) is 8.15. The molecule has 0 bridgehead atoms. The van der Waals surface area contributed by atoms with E-state index in [9.17, 15) is 4.79 Å². The molecule has 2 saturated heterocycles. The van der Waals surface area contributed by atoms with Crippen molar-refractivity contribution in [1.29, 1.82) is 0 Å². The minimum Gasteiger partial charge on any atom is -0.372 e. The average Bonchev–Trinajstić information content (AvgIpc) is 2.29. The Morgan fingerprint density at radius 2 is 1.82 bits per heavy atom. The lowest BCUT2D eigenvalue weighted by molar-refractivity contribution is -0.144. The number of hydrogen-bond donors (Lipinski definition) is 1. The van der Waals surface area contributed by atoms with Crippen LogP contribution >= 0.6 is 0 Å². The van der Waals surface area contributed by atoms with Crippen LogP contribution in [0.25, 0.3) is 0 Å². The summed E-state index contributed by atoms with van der Waals surface area (Å²) in [5.41, 5.74) is 0. The first-order valence-corrected chi connectivity index (χ1v) is 6.79. The van der Waals surface area contributed by atoms with Gasteiger partial charge in [-0.25, -0.2) is 0 Å². The van der Waals surface area contributed by atoms with Gasteiger partial charge in [0.15, 0.2) is 0 Å². The number of morpholine rings is 1. The van der Waals surface area contributed by atoms with Crippen LogP contribution in [0.5, 0.6) is 0 Å². The van der Waals surface area contributed by atoms with E-state index in [0.717, 1.165) is 45.4 Å². The Labute approximate surface area is 104 Å². The van der Waals surface area contributed by atoms with E-state index in [2.05, 4.69) is 5.32 Å². The molecule has 0 aliphatic carbocycles. The summed E-state index contributed by atoms with van der Waals surface area (Å²) in [6.07, 6.45) is 3.36. The highest BCUT2D eigenvalue weighted by atomic mass is 16.5. The molecule has 1 amide bonds.